The van der Waals surface area contributed by atoms with E-state index in [9.17, 15) is 13.6 Å². The second-order valence-corrected chi connectivity index (χ2v) is 5.83. The largest absolute Gasteiger partial charge is 0.347 e. The lowest BCUT2D eigenvalue weighted by Gasteiger charge is -2.04. The SMILES string of the molecule is C=C(F)c1sc(C(=O)NCc2ccccc2)c(Cl)c1C(=C)F. The molecule has 0 radical (unpaired) electrons. The quantitative estimate of drug-likeness (QED) is 0.795. The number of benzene rings is 1. The van der Waals surface area contributed by atoms with Crippen LogP contribution in [0.25, 0.3) is 11.7 Å². The summed E-state index contributed by atoms with van der Waals surface area (Å²) in [4.78, 5) is 12.1. The summed E-state index contributed by atoms with van der Waals surface area (Å²) in [6, 6.07) is 9.24. The summed E-state index contributed by atoms with van der Waals surface area (Å²) in [6.07, 6.45) is 0. The lowest BCUT2D eigenvalue weighted by Crippen LogP contribution is -2.22. The molecule has 1 aromatic heterocycles. The lowest BCUT2D eigenvalue weighted by molar-refractivity contribution is 0.0955. The van der Waals surface area contributed by atoms with Gasteiger partial charge in [0, 0.05) is 6.54 Å². The van der Waals surface area contributed by atoms with Crippen molar-refractivity contribution in [1.82, 2.24) is 5.32 Å². The molecule has 6 heteroatoms. The molecule has 0 aliphatic carbocycles. The normalized spacial score (nSPS) is 10.3. The first-order valence-corrected chi connectivity index (χ1v) is 7.45. The standard InChI is InChI=1S/C16H12ClF2NOS/c1-9(18)12-13(17)15(22-14(12)10(2)19)16(21)20-8-11-6-4-3-5-7-11/h3-7H,1-2,8H2,(H,20,21). The van der Waals surface area contributed by atoms with Gasteiger partial charge >= 0.3 is 0 Å². The molecule has 0 bridgehead atoms. The maximum absolute atomic E-state index is 13.4. The van der Waals surface area contributed by atoms with Crippen LogP contribution in [-0.4, -0.2) is 5.91 Å². The molecule has 0 saturated heterocycles. The molecule has 1 N–H and O–H groups in total. The average molecular weight is 340 g/mol. The minimum atomic E-state index is -0.905. The van der Waals surface area contributed by atoms with Crippen molar-refractivity contribution in [1.29, 1.82) is 0 Å². The summed E-state index contributed by atoms with van der Waals surface area (Å²) in [5.41, 5.74) is 0.679. The predicted octanol–water partition coefficient (Wildman–Crippen LogP) is 5.21. The van der Waals surface area contributed by atoms with E-state index in [4.69, 9.17) is 11.6 Å². The van der Waals surface area contributed by atoms with Crippen molar-refractivity contribution >= 4 is 40.5 Å². The Balaban J connectivity index is 2.25. The minimum absolute atomic E-state index is 0.0280. The van der Waals surface area contributed by atoms with Crippen LogP contribution < -0.4 is 5.32 Å². The summed E-state index contributed by atoms with van der Waals surface area (Å²) in [6.45, 7) is 6.52. The zero-order valence-corrected chi connectivity index (χ0v) is 13.0. The molecule has 1 aromatic carbocycles. The summed E-state index contributed by atoms with van der Waals surface area (Å²) >= 11 is 6.73. The third-order valence-electron chi connectivity index (χ3n) is 2.87. The van der Waals surface area contributed by atoms with Gasteiger partial charge in [0.2, 0.25) is 0 Å². The van der Waals surface area contributed by atoms with Gasteiger partial charge in [-0.25, -0.2) is 8.78 Å². The molecule has 1 heterocycles. The fraction of sp³-hybridized carbons (Fsp3) is 0.0625. The number of hydrogen-bond donors (Lipinski definition) is 1. The van der Waals surface area contributed by atoms with Gasteiger partial charge in [-0.2, -0.15) is 0 Å². The molecule has 0 unspecified atom stereocenters. The van der Waals surface area contributed by atoms with Crippen LogP contribution in [0.1, 0.15) is 25.7 Å². The molecule has 0 saturated carbocycles. The number of amides is 1. The molecular weight excluding hydrogens is 328 g/mol. The van der Waals surface area contributed by atoms with Crippen LogP contribution in [0, 0.1) is 0 Å². The van der Waals surface area contributed by atoms with Crippen LogP contribution in [0.2, 0.25) is 5.02 Å². The molecule has 0 aliphatic rings. The summed E-state index contributed by atoms with van der Waals surface area (Å²) in [5.74, 6) is -2.27. The summed E-state index contributed by atoms with van der Waals surface area (Å²) in [5, 5.41) is 2.50. The maximum Gasteiger partial charge on any atom is 0.263 e. The van der Waals surface area contributed by atoms with Crippen molar-refractivity contribution in [2.45, 2.75) is 6.54 Å². The van der Waals surface area contributed by atoms with Crippen molar-refractivity contribution in [3.63, 3.8) is 0 Å². The van der Waals surface area contributed by atoms with E-state index in [1.165, 1.54) is 0 Å². The van der Waals surface area contributed by atoms with E-state index >= 15 is 0 Å². The fourth-order valence-electron chi connectivity index (χ4n) is 1.85. The Kier molecular flexibility index (Phi) is 5.11. The summed E-state index contributed by atoms with van der Waals surface area (Å²) < 4.78 is 26.8. The van der Waals surface area contributed by atoms with E-state index in [0.29, 0.717) is 0 Å². The Labute approximate surface area is 135 Å². The molecular formula is C16H12ClF2NOS. The first kappa shape index (κ1) is 16.4. The Morgan fingerprint density at radius 3 is 2.27 bits per heavy atom. The van der Waals surface area contributed by atoms with Crippen molar-refractivity contribution in [2.75, 3.05) is 0 Å². The molecule has 0 atom stereocenters. The number of halogens is 3. The smallest absolute Gasteiger partial charge is 0.263 e. The van der Waals surface area contributed by atoms with Gasteiger partial charge in [-0.3, -0.25) is 4.79 Å². The topological polar surface area (TPSA) is 29.1 Å². The van der Waals surface area contributed by atoms with Crippen molar-refractivity contribution in [3.05, 3.63) is 69.4 Å². The zero-order chi connectivity index (χ0) is 16.3. The molecule has 2 aromatic rings. The highest BCUT2D eigenvalue weighted by molar-refractivity contribution is 7.16. The van der Waals surface area contributed by atoms with E-state index in [1.54, 1.807) is 0 Å². The summed E-state index contributed by atoms with van der Waals surface area (Å²) in [7, 11) is 0. The van der Waals surface area contributed by atoms with Gasteiger partial charge in [0.1, 0.15) is 16.5 Å². The minimum Gasteiger partial charge on any atom is -0.347 e. The average Bonchev–Trinajstić information content (AvgIpc) is 2.84. The number of nitrogens with one attached hydrogen (secondary N) is 1. The van der Waals surface area contributed by atoms with E-state index in [2.05, 4.69) is 18.5 Å². The third kappa shape index (κ3) is 3.43. The second kappa shape index (κ2) is 6.85. The monoisotopic (exact) mass is 339 g/mol. The highest BCUT2D eigenvalue weighted by Gasteiger charge is 2.24. The number of hydrogen-bond acceptors (Lipinski definition) is 2. The molecule has 1 amide bonds. The highest BCUT2D eigenvalue weighted by Crippen LogP contribution is 2.41. The van der Waals surface area contributed by atoms with E-state index in [1.807, 2.05) is 30.3 Å². The van der Waals surface area contributed by atoms with E-state index < -0.39 is 17.6 Å². The van der Waals surface area contributed by atoms with Gasteiger partial charge in [0.15, 0.2) is 0 Å². The van der Waals surface area contributed by atoms with Crippen LogP contribution in [0.3, 0.4) is 0 Å². The third-order valence-corrected chi connectivity index (χ3v) is 4.58. The second-order valence-electron chi connectivity index (χ2n) is 4.43. The van der Waals surface area contributed by atoms with Gasteiger partial charge in [-0.05, 0) is 5.56 Å². The number of thiophene rings is 1. The molecule has 0 fully saturated rings. The maximum atomic E-state index is 13.4. The number of carbonyl (C=O) groups is 1. The first-order valence-electron chi connectivity index (χ1n) is 6.25. The molecule has 2 nitrogen and oxygen atoms in total. The Bertz CT molecular complexity index is 740. The van der Waals surface area contributed by atoms with Crippen LogP contribution in [-0.2, 0) is 6.54 Å². The number of rotatable bonds is 5. The van der Waals surface area contributed by atoms with Crippen molar-refractivity contribution in [2.24, 2.45) is 0 Å². The van der Waals surface area contributed by atoms with Crippen LogP contribution >= 0.6 is 22.9 Å². The van der Waals surface area contributed by atoms with Crippen LogP contribution in [0.5, 0.6) is 0 Å². The Hall–Kier alpha value is -1.98. The fourth-order valence-corrected chi connectivity index (χ4v) is 3.29. The van der Waals surface area contributed by atoms with E-state index in [0.717, 1.165) is 16.9 Å². The molecule has 2 rings (SSSR count). The molecule has 114 valence electrons. The lowest BCUT2D eigenvalue weighted by atomic mass is 10.2. The first-order chi connectivity index (χ1) is 10.4. The van der Waals surface area contributed by atoms with Crippen molar-refractivity contribution in [3.8, 4) is 0 Å². The van der Waals surface area contributed by atoms with Crippen LogP contribution in [0.4, 0.5) is 8.78 Å². The van der Waals surface area contributed by atoms with Gasteiger partial charge in [0.25, 0.3) is 5.91 Å². The van der Waals surface area contributed by atoms with Gasteiger partial charge in [-0.15, -0.1) is 11.3 Å². The predicted molar refractivity (Wildman–Crippen MR) is 87.2 cm³/mol. The van der Waals surface area contributed by atoms with E-state index in [-0.39, 0.29) is 26.9 Å². The molecule has 0 aliphatic heterocycles. The number of carbonyl (C=O) groups excluding carboxylic acids is 1. The molecule has 0 spiro atoms. The van der Waals surface area contributed by atoms with Gasteiger partial charge in [0.05, 0.1) is 15.5 Å². The molecule has 22 heavy (non-hydrogen) atoms. The highest BCUT2D eigenvalue weighted by atomic mass is 35.5. The van der Waals surface area contributed by atoms with Gasteiger partial charge in [-0.1, -0.05) is 55.1 Å². The van der Waals surface area contributed by atoms with Gasteiger partial charge < -0.3 is 5.32 Å². The van der Waals surface area contributed by atoms with Crippen LogP contribution in [0.15, 0.2) is 43.5 Å². The Morgan fingerprint density at radius 2 is 1.77 bits per heavy atom. The van der Waals surface area contributed by atoms with Crippen molar-refractivity contribution < 1.29 is 13.6 Å². The Morgan fingerprint density at radius 1 is 1.14 bits per heavy atom. The zero-order valence-electron chi connectivity index (χ0n) is 11.5.